The van der Waals surface area contributed by atoms with Gasteiger partial charge in [-0.25, -0.2) is 4.79 Å². The van der Waals surface area contributed by atoms with Gasteiger partial charge in [-0.15, -0.1) is 0 Å². The third-order valence-electron chi connectivity index (χ3n) is 3.70. The Balaban J connectivity index is 2.06. The molecule has 0 saturated carbocycles. The van der Waals surface area contributed by atoms with Crippen molar-refractivity contribution >= 4 is 21.8 Å². The van der Waals surface area contributed by atoms with Gasteiger partial charge in [0.1, 0.15) is 5.75 Å². The van der Waals surface area contributed by atoms with E-state index in [1.807, 2.05) is 31.2 Å². The summed E-state index contributed by atoms with van der Waals surface area (Å²) < 4.78 is 32.3. The largest absolute Gasteiger partial charge is 0.383 e. The molecule has 1 N–H and O–H groups in total. The van der Waals surface area contributed by atoms with Crippen LogP contribution in [0.2, 0.25) is 0 Å². The number of amides is 2. The van der Waals surface area contributed by atoms with Gasteiger partial charge in [-0.1, -0.05) is 29.8 Å². The maximum Gasteiger partial charge on any atom is 0.322 e. The number of carbonyl (C=O) groups is 1. The number of nitrogens with zero attached hydrogens (tertiary/aromatic N) is 1. The van der Waals surface area contributed by atoms with Crippen molar-refractivity contribution in [2.24, 2.45) is 0 Å². The van der Waals surface area contributed by atoms with Crippen LogP contribution in [0, 0.1) is 6.92 Å². The zero-order valence-electron chi connectivity index (χ0n) is 15.6. The number of anilines is 1. The Morgan fingerprint density at radius 2 is 1.70 bits per heavy atom. The summed E-state index contributed by atoms with van der Waals surface area (Å²) in [6.45, 7) is 3.14. The Hall–Kier alpha value is -2.58. The van der Waals surface area contributed by atoms with Crippen molar-refractivity contribution < 1.29 is 22.1 Å². The van der Waals surface area contributed by atoms with Gasteiger partial charge >= 0.3 is 16.1 Å². The SMILES string of the molecule is COCCN(Cc1ccc(OS(C)(=O)=O)cc1)C(=O)Nc1ccc(C)cc1. The molecule has 8 heteroatoms. The monoisotopic (exact) mass is 392 g/mol. The van der Waals surface area contributed by atoms with Gasteiger partial charge in [0.15, 0.2) is 0 Å². The summed E-state index contributed by atoms with van der Waals surface area (Å²) in [7, 11) is -1.99. The summed E-state index contributed by atoms with van der Waals surface area (Å²) in [5.74, 6) is 0.230. The number of carbonyl (C=O) groups excluding carboxylic acids is 1. The minimum absolute atomic E-state index is 0.230. The molecular weight excluding hydrogens is 368 g/mol. The minimum atomic E-state index is -3.57. The van der Waals surface area contributed by atoms with Crippen LogP contribution in [0.3, 0.4) is 0 Å². The summed E-state index contributed by atoms with van der Waals surface area (Å²) >= 11 is 0. The predicted molar refractivity (Wildman–Crippen MR) is 104 cm³/mol. The molecule has 0 aromatic heterocycles. The maximum atomic E-state index is 12.6. The predicted octanol–water partition coefficient (Wildman–Crippen LogP) is 3.01. The molecule has 0 unspecified atom stereocenters. The molecule has 0 bridgehead atoms. The fraction of sp³-hybridized carbons (Fsp3) is 0.316. The third kappa shape index (κ3) is 7.28. The molecule has 0 fully saturated rings. The zero-order valence-corrected chi connectivity index (χ0v) is 16.5. The van der Waals surface area contributed by atoms with Crippen LogP contribution >= 0.6 is 0 Å². The van der Waals surface area contributed by atoms with Gasteiger partial charge in [0.05, 0.1) is 12.9 Å². The molecular formula is C19H24N2O5S. The Bertz CT molecular complexity index is 849. The number of hydrogen-bond acceptors (Lipinski definition) is 5. The average molecular weight is 392 g/mol. The third-order valence-corrected chi connectivity index (χ3v) is 4.19. The van der Waals surface area contributed by atoms with E-state index in [2.05, 4.69) is 5.32 Å². The summed E-state index contributed by atoms with van der Waals surface area (Å²) in [6.07, 6.45) is 0.989. The molecule has 0 aliphatic heterocycles. The fourth-order valence-electron chi connectivity index (χ4n) is 2.34. The molecule has 2 rings (SSSR count). The first-order chi connectivity index (χ1) is 12.8. The van der Waals surface area contributed by atoms with E-state index in [-0.39, 0.29) is 11.8 Å². The number of methoxy groups -OCH3 is 1. The average Bonchev–Trinajstić information content (AvgIpc) is 2.60. The van der Waals surface area contributed by atoms with Crippen LogP contribution < -0.4 is 9.50 Å². The first-order valence-corrected chi connectivity index (χ1v) is 10.2. The molecule has 0 saturated heterocycles. The molecule has 146 valence electrons. The summed E-state index contributed by atoms with van der Waals surface area (Å²) in [4.78, 5) is 14.2. The normalized spacial score (nSPS) is 11.1. The molecule has 7 nitrogen and oxygen atoms in total. The lowest BCUT2D eigenvalue weighted by Crippen LogP contribution is -2.36. The van der Waals surface area contributed by atoms with E-state index in [0.29, 0.717) is 25.4 Å². The quantitative estimate of drug-likeness (QED) is 0.698. The molecule has 0 aliphatic rings. The van der Waals surface area contributed by atoms with Crippen LogP contribution in [0.4, 0.5) is 10.5 Å². The van der Waals surface area contributed by atoms with E-state index in [4.69, 9.17) is 8.92 Å². The van der Waals surface area contributed by atoms with Crippen molar-refractivity contribution in [2.75, 3.05) is 31.8 Å². The smallest absolute Gasteiger partial charge is 0.322 e. The van der Waals surface area contributed by atoms with Gasteiger partial charge in [-0.3, -0.25) is 0 Å². The van der Waals surface area contributed by atoms with E-state index < -0.39 is 10.1 Å². The van der Waals surface area contributed by atoms with Crippen LogP contribution in [0.15, 0.2) is 48.5 Å². The number of aryl methyl sites for hydroxylation is 1. The maximum absolute atomic E-state index is 12.6. The highest BCUT2D eigenvalue weighted by molar-refractivity contribution is 7.86. The van der Waals surface area contributed by atoms with Gasteiger partial charge in [-0.2, -0.15) is 8.42 Å². The molecule has 0 atom stereocenters. The van der Waals surface area contributed by atoms with Crippen molar-refractivity contribution in [3.63, 3.8) is 0 Å². The Morgan fingerprint density at radius 1 is 1.07 bits per heavy atom. The van der Waals surface area contributed by atoms with E-state index >= 15 is 0 Å². The van der Waals surface area contributed by atoms with Crippen molar-refractivity contribution in [2.45, 2.75) is 13.5 Å². The molecule has 0 aliphatic carbocycles. The molecule has 27 heavy (non-hydrogen) atoms. The molecule has 0 radical (unpaired) electrons. The standard InChI is InChI=1S/C19H24N2O5S/c1-15-4-8-17(9-5-15)20-19(22)21(12-13-25-2)14-16-6-10-18(11-7-16)26-27(3,23)24/h4-11H,12-14H2,1-3H3,(H,20,22). The summed E-state index contributed by atoms with van der Waals surface area (Å²) in [6, 6.07) is 13.9. The highest BCUT2D eigenvalue weighted by Crippen LogP contribution is 2.16. The second-order valence-electron chi connectivity index (χ2n) is 6.14. The summed E-state index contributed by atoms with van der Waals surface area (Å²) in [5, 5.41) is 2.87. The van der Waals surface area contributed by atoms with Crippen LogP contribution in [0.25, 0.3) is 0 Å². The fourth-order valence-corrected chi connectivity index (χ4v) is 2.80. The van der Waals surface area contributed by atoms with Crippen LogP contribution in [-0.2, 0) is 21.4 Å². The number of rotatable bonds is 8. The van der Waals surface area contributed by atoms with Crippen molar-refractivity contribution in [1.29, 1.82) is 0 Å². The molecule has 0 spiro atoms. The molecule has 2 aromatic rings. The highest BCUT2D eigenvalue weighted by atomic mass is 32.2. The first-order valence-electron chi connectivity index (χ1n) is 8.37. The van der Waals surface area contributed by atoms with Crippen molar-refractivity contribution in [3.05, 3.63) is 59.7 Å². The van der Waals surface area contributed by atoms with E-state index in [1.165, 1.54) is 0 Å². The summed E-state index contributed by atoms with van der Waals surface area (Å²) in [5.41, 5.74) is 2.66. The van der Waals surface area contributed by atoms with Crippen molar-refractivity contribution in [3.8, 4) is 5.75 Å². The number of urea groups is 1. The lowest BCUT2D eigenvalue weighted by Gasteiger charge is -2.23. The van der Waals surface area contributed by atoms with Crippen LogP contribution in [0.5, 0.6) is 5.75 Å². The highest BCUT2D eigenvalue weighted by Gasteiger charge is 2.14. The van der Waals surface area contributed by atoms with E-state index in [1.54, 1.807) is 36.3 Å². The lowest BCUT2D eigenvalue weighted by molar-refractivity contribution is 0.153. The van der Waals surface area contributed by atoms with E-state index in [9.17, 15) is 13.2 Å². The van der Waals surface area contributed by atoms with Gasteiger partial charge in [0.2, 0.25) is 0 Å². The second kappa shape index (κ2) is 9.38. The van der Waals surface area contributed by atoms with Gasteiger partial charge in [0.25, 0.3) is 0 Å². The molecule has 2 aromatic carbocycles. The van der Waals surface area contributed by atoms with Gasteiger partial charge < -0.3 is 19.1 Å². The Kier molecular flexibility index (Phi) is 7.20. The van der Waals surface area contributed by atoms with Gasteiger partial charge in [-0.05, 0) is 36.8 Å². The first kappa shape index (κ1) is 20.7. The lowest BCUT2D eigenvalue weighted by atomic mass is 10.2. The van der Waals surface area contributed by atoms with Crippen LogP contribution in [0.1, 0.15) is 11.1 Å². The topological polar surface area (TPSA) is 84.9 Å². The Labute approximate surface area is 160 Å². The van der Waals surface area contributed by atoms with Gasteiger partial charge in [0, 0.05) is 25.9 Å². The minimum Gasteiger partial charge on any atom is -0.383 e. The van der Waals surface area contributed by atoms with Crippen molar-refractivity contribution in [1.82, 2.24) is 4.90 Å². The number of hydrogen-bond donors (Lipinski definition) is 1. The molecule has 0 heterocycles. The second-order valence-corrected chi connectivity index (χ2v) is 7.72. The van der Waals surface area contributed by atoms with E-state index in [0.717, 1.165) is 17.4 Å². The molecule has 2 amide bonds. The number of nitrogens with one attached hydrogen (secondary N) is 1. The number of ether oxygens (including phenoxy) is 1. The number of benzene rings is 2. The Morgan fingerprint density at radius 3 is 2.26 bits per heavy atom. The van der Waals surface area contributed by atoms with Crippen LogP contribution in [-0.4, -0.2) is 45.9 Å². The zero-order chi connectivity index (χ0) is 19.9.